The molecule has 3 N–H and O–H groups in total. The number of hydrogen-bond donors (Lipinski definition) is 3. The Kier molecular flexibility index (Phi) is 9.70. The number of rotatable bonds is 11. The molecule has 0 saturated carbocycles. The van der Waals surface area contributed by atoms with E-state index in [-0.39, 0.29) is 0 Å². The maximum atomic E-state index is 10.6. The van der Waals surface area contributed by atoms with Crippen molar-refractivity contribution in [3.05, 3.63) is 0 Å². The molecule has 0 fully saturated rings. The molecule has 0 aromatic carbocycles. The van der Waals surface area contributed by atoms with Crippen LogP contribution in [-0.2, 0) is 0 Å². The molecule has 0 amide bonds. The van der Waals surface area contributed by atoms with Crippen molar-refractivity contribution in [2.24, 2.45) is 0 Å². The standard InChI is InChI=1S/C15H32O3/c1-4-7-10-13(16)15(18,12-9-6-3)14(17)11-8-5-2/h13-14,16-18H,4-12H2,1-3H3. The summed E-state index contributed by atoms with van der Waals surface area (Å²) in [7, 11) is 0. The molecule has 0 spiro atoms. The Labute approximate surface area is 112 Å². The molecular weight excluding hydrogens is 228 g/mol. The van der Waals surface area contributed by atoms with Gasteiger partial charge in [0, 0.05) is 0 Å². The van der Waals surface area contributed by atoms with E-state index >= 15 is 0 Å². The zero-order chi connectivity index (χ0) is 14.0. The molecule has 2 unspecified atom stereocenters. The molecule has 2 atom stereocenters. The van der Waals surface area contributed by atoms with Crippen LogP contribution in [-0.4, -0.2) is 33.1 Å². The summed E-state index contributed by atoms with van der Waals surface area (Å²) in [4.78, 5) is 0. The third-order valence-electron chi connectivity index (χ3n) is 3.75. The SMILES string of the molecule is CCCCC(O)C(O)(CCCC)C(O)CCCC. The highest BCUT2D eigenvalue weighted by atomic mass is 16.4. The Hall–Kier alpha value is -0.120. The fraction of sp³-hybridized carbons (Fsp3) is 1.00. The highest BCUT2D eigenvalue weighted by molar-refractivity contribution is 4.92. The quantitative estimate of drug-likeness (QED) is 0.535. The van der Waals surface area contributed by atoms with E-state index in [1.54, 1.807) is 0 Å². The van der Waals surface area contributed by atoms with Crippen LogP contribution >= 0.6 is 0 Å². The Morgan fingerprint density at radius 3 is 1.50 bits per heavy atom. The summed E-state index contributed by atoms with van der Waals surface area (Å²) in [5.74, 6) is 0. The molecule has 0 radical (unpaired) electrons. The van der Waals surface area contributed by atoms with Crippen LogP contribution in [0.15, 0.2) is 0 Å². The Balaban J connectivity index is 4.57. The lowest BCUT2D eigenvalue weighted by atomic mass is 9.81. The van der Waals surface area contributed by atoms with Crippen molar-refractivity contribution < 1.29 is 15.3 Å². The molecule has 0 aliphatic rings. The van der Waals surface area contributed by atoms with Crippen molar-refractivity contribution in [3.8, 4) is 0 Å². The third-order valence-corrected chi connectivity index (χ3v) is 3.75. The van der Waals surface area contributed by atoms with Gasteiger partial charge >= 0.3 is 0 Å². The van der Waals surface area contributed by atoms with Gasteiger partial charge in [-0.1, -0.05) is 59.3 Å². The van der Waals surface area contributed by atoms with Gasteiger partial charge in [0.25, 0.3) is 0 Å². The maximum absolute atomic E-state index is 10.6. The topological polar surface area (TPSA) is 60.7 Å². The van der Waals surface area contributed by atoms with E-state index in [0.717, 1.165) is 38.5 Å². The van der Waals surface area contributed by atoms with Crippen LogP contribution in [0.5, 0.6) is 0 Å². The molecule has 18 heavy (non-hydrogen) atoms. The summed E-state index contributed by atoms with van der Waals surface area (Å²) in [6.45, 7) is 6.17. The molecule has 3 nitrogen and oxygen atoms in total. The first-order chi connectivity index (χ1) is 8.52. The van der Waals surface area contributed by atoms with Gasteiger partial charge in [-0.3, -0.25) is 0 Å². The van der Waals surface area contributed by atoms with Gasteiger partial charge in [-0.15, -0.1) is 0 Å². The molecule has 110 valence electrons. The van der Waals surface area contributed by atoms with Crippen molar-refractivity contribution in [1.29, 1.82) is 0 Å². The average molecular weight is 260 g/mol. The van der Waals surface area contributed by atoms with Gasteiger partial charge in [0.1, 0.15) is 5.60 Å². The first kappa shape index (κ1) is 17.9. The van der Waals surface area contributed by atoms with Gasteiger partial charge in [0.2, 0.25) is 0 Å². The zero-order valence-electron chi connectivity index (χ0n) is 12.4. The van der Waals surface area contributed by atoms with Crippen molar-refractivity contribution in [1.82, 2.24) is 0 Å². The van der Waals surface area contributed by atoms with Gasteiger partial charge in [0.05, 0.1) is 12.2 Å². The molecule has 0 bridgehead atoms. The highest BCUT2D eigenvalue weighted by Gasteiger charge is 2.41. The molecule has 3 heteroatoms. The van der Waals surface area contributed by atoms with E-state index in [9.17, 15) is 15.3 Å². The monoisotopic (exact) mass is 260 g/mol. The normalized spacial score (nSPS) is 18.3. The molecular formula is C15H32O3. The predicted octanol–water partition coefficient (Wildman–Crippen LogP) is 3.01. The highest BCUT2D eigenvalue weighted by Crippen LogP contribution is 2.29. The van der Waals surface area contributed by atoms with Crippen LogP contribution in [0, 0.1) is 0 Å². The molecule has 0 rings (SSSR count). The van der Waals surface area contributed by atoms with Crippen molar-refractivity contribution >= 4 is 0 Å². The molecule has 0 aliphatic carbocycles. The summed E-state index contributed by atoms with van der Waals surface area (Å²) in [5, 5.41) is 31.0. The third kappa shape index (κ3) is 5.68. The average Bonchev–Trinajstić information content (AvgIpc) is 2.38. The molecule has 0 aromatic heterocycles. The minimum absolute atomic E-state index is 0.485. The van der Waals surface area contributed by atoms with Crippen molar-refractivity contribution in [2.75, 3.05) is 0 Å². The van der Waals surface area contributed by atoms with Crippen molar-refractivity contribution in [2.45, 2.75) is 96.4 Å². The Morgan fingerprint density at radius 1 is 0.778 bits per heavy atom. The lowest BCUT2D eigenvalue weighted by molar-refractivity contribution is -0.155. The van der Waals surface area contributed by atoms with Crippen LogP contribution in [0.3, 0.4) is 0 Å². The van der Waals surface area contributed by atoms with E-state index in [2.05, 4.69) is 20.8 Å². The van der Waals surface area contributed by atoms with E-state index in [4.69, 9.17) is 0 Å². The minimum Gasteiger partial charge on any atom is -0.390 e. The smallest absolute Gasteiger partial charge is 0.116 e. The first-order valence-corrected chi connectivity index (χ1v) is 7.61. The van der Waals surface area contributed by atoms with E-state index < -0.39 is 17.8 Å². The second kappa shape index (κ2) is 9.76. The largest absolute Gasteiger partial charge is 0.390 e. The number of aliphatic hydroxyl groups excluding tert-OH is 2. The maximum Gasteiger partial charge on any atom is 0.116 e. The van der Waals surface area contributed by atoms with Gasteiger partial charge in [-0.2, -0.15) is 0 Å². The number of hydrogen-bond acceptors (Lipinski definition) is 3. The van der Waals surface area contributed by atoms with Crippen LogP contribution in [0.4, 0.5) is 0 Å². The van der Waals surface area contributed by atoms with Crippen LogP contribution in [0.25, 0.3) is 0 Å². The summed E-state index contributed by atoms with van der Waals surface area (Å²) < 4.78 is 0. The van der Waals surface area contributed by atoms with Crippen LogP contribution in [0.1, 0.15) is 78.6 Å². The van der Waals surface area contributed by atoms with E-state index in [1.807, 2.05) is 0 Å². The summed E-state index contributed by atoms with van der Waals surface area (Å²) in [6, 6.07) is 0. The predicted molar refractivity (Wildman–Crippen MR) is 75.5 cm³/mol. The fourth-order valence-electron chi connectivity index (χ4n) is 2.31. The number of aliphatic hydroxyl groups is 3. The summed E-state index contributed by atoms with van der Waals surface area (Å²) in [5.41, 5.74) is -1.32. The molecule has 0 saturated heterocycles. The van der Waals surface area contributed by atoms with E-state index in [0.29, 0.717) is 19.3 Å². The Bertz CT molecular complexity index is 180. The van der Waals surface area contributed by atoms with E-state index in [1.165, 1.54) is 0 Å². The van der Waals surface area contributed by atoms with Gasteiger partial charge < -0.3 is 15.3 Å². The summed E-state index contributed by atoms with van der Waals surface area (Å²) in [6.07, 6.45) is 5.56. The van der Waals surface area contributed by atoms with Gasteiger partial charge in [-0.25, -0.2) is 0 Å². The minimum atomic E-state index is -1.32. The van der Waals surface area contributed by atoms with Crippen molar-refractivity contribution in [3.63, 3.8) is 0 Å². The summed E-state index contributed by atoms with van der Waals surface area (Å²) >= 11 is 0. The molecule has 0 heterocycles. The first-order valence-electron chi connectivity index (χ1n) is 7.61. The zero-order valence-corrected chi connectivity index (χ0v) is 12.4. The van der Waals surface area contributed by atoms with Gasteiger partial charge in [0.15, 0.2) is 0 Å². The number of unbranched alkanes of at least 4 members (excludes halogenated alkanes) is 3. The van der Waals surface area contributed by atoms with Gasteiger partial charge in [-0.05, 0) is 19.3 Å². The van der Waals surface area contributed by atoms with Crippen LogP contribution in [0.2, 0.25) is 0 Å². The second-order valence-electron chi connectivity index (χ2n) is 5.41. The Morgan fingerprint density at radius 2 is 1.17 bits per heavy atom. The van der Waals surface area contributed by atoms with Crippen LogP contribution < -0.4 is 0 Å². The molecule has 0 aromatic rings. The fourth-order valence-corrected chi connectivity index (χ4v) is 2.31. The second-order valence-corrected chi connectivity index (χ2v) is 5.41. The molecule has 0 aliphatic heterocycles. The lowest BCUT2D eigenvalue weighted by Crippen LogP contribution is -2.52. The lowest BCUT2D eigenvalue weighted by Gasteiger charge is -2.37.